The zero-order chi connectivity index (χ0) is 17.0. The Morgan fingerprint density at radius 3 is 2.09 bits per heavy atom. The zero-order valence-corrected chi connectivity index (χ0v) is 13.5. The summed E-state index contributed by atoms with van der Waals surface area (Å²) in [6, 6.07) is 7.26. The minimum atomic E-state index is -0.506. The van der Waals surface area contributed by atoms with Crippen LogP contribution in [0.5, 0.6) is 0 Å². The van der Waals surface area contributed by atoms with E-state index >= 15 is 0 Å². The van der Waals surface area contributed by atoms with Gasteiger partial charge >= 0.3 is 5.97 Å². The molecule has 1 aromatic heterocycles. The molecule has 0 saturated heterocycles. The highest BCUT2D eigenvalue weighted by Gasteiger charge is 2.17. The van der Waals surface area contributed by atoms with Crippen molar-refractivity contribution in [3.63, 3.8) is 0 Å². The Morgan fingerprint density at radius 1 is 1.00 bits per heavy atom. The van der Waals surface area contributed by atoms with Crippen LogP contribution in [0, 0.1) is 0 Å². The third-order valence-corrected chi connectivity index (χ3v) is 2.94. The number of anilines is 2. The van der Waals surface area contributed by atoms with Gasteiger partial charge in [0.15, 0.2) is 0 Å². The van der Waals surface area contributed by atoms with Crippen LogP contribution in [0.3, 0.4) is 0 Å². The molecule has 23 heavy (non-hydrogen) atoms. The molecule has 4 N–H and O–H groups in total. The number of nitrogens with zero attached hydrogens (tertiary/aromatic N) is 3. The number of carbonyl (C=O) groups excluding carboxylic acids is 1. The number of hydrogen-bond acceptors (Lipinski definition) is 7. The average Bonchev–Trinajstić information content (AvgIpc) is 2.43. The summed E-state index contributed by atoms with van der Waals surface area (Å²) in [7, 11) is 0. The van der Waals surface area contributed by atoms with Gasteiger partial charge in [-0.25, -0.2) is 4.79 Å². The number of aryl methyl sites for hydroxylation is 2. The van der Waals surface area contributed by atoms with Crippen LogP contribution in [-0.4, -0.2) is 26.5 Å². The Balaban J connectivity index is 1.98. The molecule has 7 heteroatoms. The standard InChI is InChI=1S/C16H21N5O2/c1-16(2,3)23-13(22)11-7-4-10(5-8-11)6-9-12-19-14(17)21-15(18)20-12/h4-5,7-8H,6,9H2,1-3H3,(H4,17,18,19,20,21). The van der Waals surface area contributed by atoms with E-state index in [0.29, 0.717) is 24.2 Å². The summed E-state index contributed by atoms with van der Waals surface area (Å²) in [6.45, 7) is 5.52. The van der Waals surface area contributed by atoms with Gasteiger partial charge < -0.3 is 16.2 Å². The fraction of sp³-hybridized carbons (Fsp3) is 0.375. The highest BCUT2D eigenvalue weighted by molar-refractivity contribution is 5.89. The Morgan fingerprint density at radius 2 is 1.57 bits per heavy atom. The van der Waals surface area contributed by atoms with E-state index in [9.17, 15) is 4.79 Å². The Hall–Kier alpha value is -2.70. The fourth-order valence-electron chi connectivity index (χ4n) is 1.97. The van der Waals surface area contributed by atoms with Crippen molar-refractivity contribution in [2.24, 2.45) is 0 Å². The normalized spacial score (nSPS) is 11.3. The van der Waals surface area contributed by atoms with Gasteiger partial charge in [-0.15, -0.1) is 0 Å². The number of esters is 1. The van der Waals surface area contributed by atoms with Crippen molar-refractivity contribution < 1.29 is 9.53 Å². The Bertz CT molecular complexity index is 672. The summed E-state index contributed by atoms with van der Waals surface area (Å²) in [5.74, 6) is 0.453. The first-order chi connectivity index (χ1) is 10.7. The molecular weight excluding hydrogens is 294 g/mol. The minimum absolute atomic E-state index is 0.118. The molecule has 0 aliphatic rings. The third-order valence-electron chi connectivity index (χ3n) is 2.94. The Kier molecular flexibility index (Phi) is 4.78. The molecule has 1 aromatic carbocycles. The first kappa shape index (κ1) is 16.7. The van der Waals surface area contributed by atoms with Crippen LogP contribution in [0.25, 0.3) is 0 Å². The summed E-state index contributed by atoms with van der Waals surface area (Å²) in [5.41, 5.74) is 12.1. The van der Waals surface area contributed by atoms with Gasteiger partial charge in [-0.3, -0.25) is 0 Å². The third kappa shape index (κ3) is 5.21. The van der Waals surface area contributed by atoms with Crippen LogP contribution >= 0.6 is 0 Å². The molecule has 122 valence electrons. The van der Waals surface area contributed by atoms with E-state index in [0.717, 1.165) is 5.56 Å². The first-order valence-corrected chi connectivity index (χ1v) is 7.31. The lowest BCUT2D eigenvalue weighted by Crippen LogP contribution is -2.23. The van der Waals surface area contributed by atoms with Crippen LogP contribution in [0.4, 0.5) is 11.9 Å². The highest BCUT2D eigenvalue weighted by atomic mass is 16.6. The molecule has 0 aliphatic heterocycles. The van der Waals surface area contributed by atoms with Gasteiger partial charge in [-0.05, 0) is 44.9 Å². The summed E-state index contributed by atoms with van der Waals surface area (Å²) >= 11 is 0. The van der Waals surface area contributed by atoms with Crippen LogP contribution in [0.15, 0.2) is 24.3 Å². The zero-order valence-electron chi connectivity index (χ0n) is 13.5. The maximum Gasteiger partial charge on any atom is 0.338 e. The molecule has 0 atom stereocenters. The van der Waals surface area contributed by atoms with E-state index < -0.39 is 5.60 Å². The molecule has 0 aliphatic carbocycles. The summed E-state index contributed by atoms with van der Waals surface area (Å²) < 4.78 is 5.33. The van der Waals surface area contributed by atoms with E-state index in [4.69, 9.17) is 16.2 Å². The smallest absolute Gasteiger partial charge is 0.338 e. The molecule has 0 unspecified atom stereocenters. The van der Waals surface area contributed by atoms with Crippen molar-refractivity contribution in [1.29, 1.82) is 0 Å². The Labute approximate surface area is 135 Å². The van der Waals surface area contributed by atoms with E-state index in [-0.39, 0.29) is 17.9 Å². The van der Waals surface area contributed by atoms with Crippen molar-refractivity contribution >= 4 is 17.9 Å². The van der Waals surface area contributed by atoms with Crippen molar-refractivity contribution in [3.8, 4) is 0 Å². The number of rotatable bonds is 4. The second kappa shape index (κ2) is 6.60. The lowest BCUT2D eigenvalue weighted by molar-refractivity contribution is 0.00695. The van der Waals surface area contributed by atoms with Crippen molar-refractivity contribution in [2.45, 2.75) is 39.2 Å². The minimum Gasteiger partial charge on any atom is -0.456 e. The monoisotopic (exact) mass is 315 g/mol. The number of hydrogen-bond donors (Lipinski definition) is 2. The van der Waals surface area contributed by atoms with E-state index in [2.05, 4.69) is 15.0 Å². The van der Waals surface area contributed by atoms with Crippen LogP contribution in [0.2, 0.25) is 0 Å². The van der Waals surface area contributed by atoms with Crippen molar-refractivity contribution in [3.05, 3.63) is 41.2 Å². The van der Waals surface area contributed by atoms with Gasteiger partial charge in [-0.1, -0.05) is 12.1 Å². The molecule has 0 saturated carbocycles. The number of nitrogens with two attached hydrogens (primary N) is 2. The SMILES string of the molecule is CC(C)(C)OC(=O)c1ccc(CCc2nc(N)nc(N)n2)cc1. The average molecular weight is 315 g/mol. The van der Waals surface area contributed by atoms with Gasteiger partial charge in [0.25, 0.3) is 0 Å². The molecule has 2 aromatic rings. The van der Waals surface area contributed by atoms with E-state index in [1.807, 2.05) is 32.9 Å². The number of benzene rings is 1. The van der Waals surface area contributed by atoms with Crippen molar-refractivity contribution in [2.75, 3.05) is 11.5 Å². The molecule has 2 rings (SSSR count). The van der Waals surface area contributed by atoms with Gasteiger partial charge in [0.1, 0.15) is 11.4 Å². The molecule has 0 fully saturated rings. The number of aromatic nitrogens is 3. The van der Waals surface area contributed by atoms with Crippen LogP contribution in [-0.2, 0) is 17.6 Å². The first-order valence-electron chi connectivity index (χ1n) is 7.31. The molecule has 0 radical (unpaired) electrons. The number of ether oxygens (including phenoxy) is 1. The lowest BCUT2D eigenvalue weighted by atomic mass is 10.1. The highest BCUT2D eigenvalue weighted by Crippen LogP contribution is 2.14. The fourth-order valence-corrected chi connectivity index (χ4v) is 1.97. The van der Waals surface area contributed by atoms with Crippen LogP contribution < -0.4 is 11.5 Å². The molecule has 0 spiro atoms. The van der Waals surface area contributed by atoms with Gasteiger partial charge in [-0.2, -0.15) is 15.0 Å². The van der Waals surface area contributed by atoms with Gasteiger partial charge in [0.2, 0.25) is 11.9 Å². The van der Waals surface area contributed by atoms with E-state index in [1.54, 1.807) is 12.1 Å². The van der Waals surface area contributed by atoms with E-state index in [1.165, 1.54) is 0 Å². The molecule has 1 heterocycles. The molecular formula is C16H21N5O2. The molecule has 7 nitrogen and oxygen atoms in total. The number of nitrogen functional groups attached to an aromatic ring is 2. The summed E-state index contributed by atoms with van der Waals surface area (Å²) in [6.07, 6.45) is 1.29. The maximum absolute atomic E-state index is 11.9. The second-order valence-corrected chi connectivity index (χ2v) is 6.17. The predicted octanol–water partition coefficient (Wildman–Crippen LogP) is 1.78. The predicted molar refractivity (Wildman–Crippen MR) is 87.7 cm³/mol. The lowest BCUT2D eigenvalue weighted by Gasteiger charge is -2.19. The molecule has 0 bridgehead atoms. The molecule has 0 amide bonds. The van der Waals surface area contributed by atoms with Gasteiger partial charge in [0, 0.05) is 6.42 Å². The quantitative estimate of drug-likeness (QED) is 0.826. The maximum atomic E-state index is 11.9. The topological polar surface area (TPSA) is 117 Å². The second-order valence-electron chi connectivity index (χ2n) is 6.17. The summed E-state index contributed by atoms with van der Waals surface area (Å²) in [5, 5.41) is 0. The van der Waals surface area contributed by atoms with Crippen LogP contribution in [0.1, 0.15) is 42.5 Å². The summed E-state index contributed by atoms with van der Waals surface area (Å²) in [4.78, 5) is 23.8. The van der Waals surface area contributed by atoms with Crippen molar-refractivity contribution in [1.82, 2.24) is 15.0 Å². The van der Waals surface area contributed by atoms with Gasteiger partial charge in [0.05, 0.1) is 5.56 Å². The number of carbonyl (C=O) groups is 1. The largest absolute Gasteiger partial charge is 0.456 e.